The Bertz CT molecular complexity index is 716. The molecule has 7 nitrogen and oxygen atoms in total. The Morgan fingerprint density at radius 1 is 1.36 bits per heavy atom. The lowest BCUT2D eigenvalue weighted by atomic mass is 10.2. The van der Waals surface area contributed by atoms with Crippen LogP contribution in [0.15, 0.2) is 39.9 Å². The van der Waals surface area contributed by atoms with Crippen LogP contribution in [0.1, 0.15) is 31.3 Å². The van der Waals surface area contributed by atoms with Gasteiger partial charge in [-0.3, -0.25) is 4.68 Å². The van der Waals surface area contributed by atoms with Gasteiger partial charge in [0.1, 0.15) is 6.26 Å². The summed E-state index contributed by atoms with van der Waals surface area (Å²) in [5.41, 5.74) is 1.96. The van der Waals surface area contributed by atoms with Gasteiger partial charge < -0.3 is 14.3 Å². The van der Waals surface area contributed by atoms with E-state index in [-0.39, 0.29) is 12.1 Å². The molecule has 0 spiro atoms. The monoisotopic (exact) mass is 301 g/mol. The second-order valence-corrected chi connectivity index (χ2v) is 5.43. The highest BCUT2D eigenvalue weighted by molar-refractivity contribution is 5.51. The van der Waals surface area contributed by atoms with Crippen molar-refractivity contribution in [1.29, 1.82) is 0 Å². The molecule has 0 saturated carbocycles. The van der Waals surface area contributed by atoms with E-state index in [0.29, 0.717) is 18.3 Å². The van der Waals surface area contributed by atoms with Gasteiger partial charge in [0, 0.05) is 12.2 Å². The van der Waals surface area contributed by atoms with Gasteiger partial charge in [-0.2, -0.15) is 10.1 Å². The lowest BCUT2D eigenvalue weighted by Crippen LogP contribution is -2.33. The van der Waals surface area contributed by atoms with E-state index in [1.165, 1.54) is 0 Å². The SMILES string of the molecule is Cc1cnn([C@H](C)[C@H](C)NCc2nc(-c3ccoc3)no2)c1. The number of aryl methyl sites for hydroxylation is 1. The van der Waals surface area contributed by atoms with Gasteiger partial charge in [-0.25, -0.2) is 0 Å². The van der Waals surface area contributed by atoms with Gasteiger partial charge in [-0.05, 0) is 32.4 Å². The molecular weight excluding hydrogens is 282 g/mol. The van der Waals surface area contributed by atoms with Crippen molar-refractivity contribution in [3.63, 3.8) is 0 Å². The Labute approximate surface area is 128 Å². The molecule has 0 fully saturated rings. The van der Waals surface area contributed by atoms with Gasteiger partial charge in [-0.15, -0.1) is 0 Å². The molecule has 1 N–H and O–H groups in total. The van der Waals surface area contributed by atoms with Gasteiger partial charge in [0.2, 0.25) is 11.7 Å². The zero-order chi connectivity index (χ0) is 15.5. The second kappa shape index (κ2) is 6.15. The molecule has 0 aliphatic heterocycles. The maximum absolute atomic E-state index is 5.24. The fraction of sp³-hybridized carbons (Fsp3) is 0.400. The summed E-state index contributed by atoms with van der Waals surface area (Å²) in [6, 6.07) is 2.24. The minimum absolute atomic E-state index is 0.212. The van der Waals surface area contributed by atoms with E-state index in [2.05, 4.69) is 34.4 Å². The first-order chi connectivity index (χ1) is 10.6. The van der Waals surface area contributed by atoms with E-state index in [9.17, 15) is 0 Å². The summed E-state index contributed by atoms with van der Waals surface area (Å²) in [6.07, 6.45) is 7.07. The average molecular weight is 301 g/mol. The van der Waals surface area contributed by atoms with Crippen LogP contribution in [0.4, 0.5) is 0 Å². The fourth-order valence-corrected chi connectivity index (χ4v) is 2.14. The molecule has 0 radical (unpaired) electrons. The van der Waals surface area contributed by atoms with Crippen LogP contribution in [0, 0.1) is 6.92 Å². The van der Waals surface area contributed by atoms with E-state index >= 15 is 0 Å². The van der Waals surface area contributed by atoms with Crippen molar-refractivity contribution in [3.8, 4) is 11.4 Å². The quantitative estimate of drug-likeness (QED) is 0.753. The van der Waals surface area contributed by atoms with Crippen LogP contribution in [-0.4, -0.2) is 26.0 Å². The van der Waals surface area contributed by atoms with Gasteiger partial charge in [0.05, 0.1) is 30.6 Å². The van der Waals surface area contributed by atoms with Crippen molar-refractivity contribution in [3.05, 3.63) is 42.4 Å². The molecule has 3 rings (SSSR count). The van der Waals surface area contributed by atoms with E-state index in [4.69, 9.17) is 8.94 Å². The maximum Gasteiger partial charge on any atom is 0.240 e. The van der Waals surface area contributed by atoms with E-state index in [1.54, 1.807) is 18.6 Å². The molecular formula is C15H19N5O2. The van der Waals surface area contributed by atoms with Crippen molar-refractivity contribution in [1.82, 2.24) is 25.2 Å². The van der Waals surface area contributed by atoms with Crippen molar-refractivity contribution in [2.75, 3.05) is 0 Å². The molecule has 0 aromatic carbocycles. The summed E-state index contributed by atoms with van der Waals surface area (Å²) in [5, 5.41) is 11.7. The molecule has 0 unspecified atom stereocenters. The van der Waals surface area contributed by atoms with Crippen molar-refractivity contribution < 1.29 is 8.94 Å². The first-order valence-electron chi connectivity index (χ1n) is 7.23. The number of nitrogens with zero attached hydrogens (tertiary/aromatic N) is 4. The van der Waals surface area contributed by atoms with Crippen molar-refractivity contribution in [2.24, 2.45) is 0 Å². The largest absolute Gasteiger partial charge is 0.472 e. The fourth-order valence-electron chi connectivity index (χ4n) is 2.14. The van der Waals surface area contributed by atoms with Crippen LogP contribution in [0.3, 0.4) is 0 Å². The highest BCUT2D eigenvalue weighted by Gasteiger charge is 2.16. The number of hydrogen-bond acceptors (Lipinski definition) is 6. The summed E-state index contributed by atoms with van der Waals surface area (Å²) in [5.74, 6) is 1.08. The van der Waals surface area contributed by atoms with Crippen LogP contribution < -0.4 is 5.32 Å². The van der Waals surface area contributed by atoms with E-state index < -0.39 is 0 Å². The molecule has 0 aliphatic rings. The summed E-state index contributed by atoms with van der Waals surface area (Å²) >= 11 is 0. The van der Waals surface area contributed by atoms with Crippen molar-refractivity contribution in [2.45, 2.75) is 39.4 Å². The molecule has 3 aromatic heterocycles. The molecule has 22 heavy (non-hydrogen) atoms. The predicted octanol–water partition coefficient (Wildman–Crippen LogP) is 2.57. The normalized spacial score (nSPS) is 14.1. The lowest BCUT2D eigenvalue weighted by molar-refractivity contribution is 0.325. The smallest absolute Gasteiger partial charge is 0.240 e. The zero-order valence-electron chi connectivity index (χ0n) is 12.9. The summed E-state index contributed by atoms with van der Waals surface area (Å²) in [6.45, 7) is 6.77. The number of rotatable bonds is 6. The standard InChI is InChI=1S/C15H19N5O2/c1-10-6-17-20(8-10)12(3)11(2)16-7-14-18-15(19-22-14)13-4-5-21-9-13/h4-6,8-9,11-12,16H,7H2,1-3H3/t11-,12+/m0/s1. The summed E-state index contributed by atoms with van der Waals surface area (Å²) in [4.78, 5) is 4.34. The topological polar surface area (TPSA) is 81.9 Å². The highest BCUT2D eigenvalue weighted by atomic mass is 16.5. The van der Waals surface area contributed by atoms with Gasteiger partial charge in [-0.1, -0.05) is 5.16 Å². The van der Waals surface area contributed by atoms with Crippen LogP contribution in [0.5, 0.6) is 0 Å². The van der Waals surface area contributed by atoms with Gasteiger partial charge in [0.25, 0.3) is 0 Å². The number of hydrogen-bond donors (Lipinski definition) is 1. The molecule has 116 valence electrons. The Morgan fingerprint density at radius 2 is 2.23 bits per heavy atom. The van der Waals surface area contributed by atoms with Crippen LogP contribution in [0.2, 0.25) is 0 Å². The minimum Gasteiger partial charge on any atom is -0.472 e. The maximum atomic E-state index is 5.24. The Morgan fingerprint density at radius 3 is 2.91 bits per heavy atom. The predicted molar refractivity (Wildman–Crippen MR) is 80.0 cm³/mol. The Hall–Kier alpha value is -2.41. The molecule has 2 atom stereocenters. The van der Waals surface area contributed by atoms with Crippen molar-refractivity contribution >= 4 is 0 Å². The van der Waals surface area contributed by atoms with Crippen LogP contribution in [0.25, 0.3) is 11.4 Å². The molecule has 0 saturated heterocycles. The number of nitrogens with one attached hydrogen (secondary N) is 1. The average Bonchev–Trinajstić information content (AvgIpc) is 3.24. The van der Waals surface area contributed by atoms with E-state index in [1.807, 2.05) is 24.0 Å². The Kier molecular flexibility index (Phi) is 4.06. The highest BCUT2D eigenvalue weighted by Crippen LogP contribution is 2.16. The molecule has 7 heteroatoms. The van der Waals surface area contributed by atoms with Crippen LogP contribution in [-0.2, 0) is 6.54 Å². The third-order valence-corrected chi connectivity index (χ3v) is 3.69. The zero-order valence-corrected chi connectivity index (χ0v) is 12.9. The molecule has 3 heterocycles. The first-order valence-corrected chi connectivity index (χ1v) is 7.23. The second-order valence-electron chi connectivity index (χ2n) is 5.43. The van der Waals surface area contributed by atoms with Crippen LogP contribution >= 0.6 is 0 Å². The lowest BCUT2D eigenvalue weighted by Gasteiger charge is -2.20. The number of aromatic nitrogens is 4. The first kappa shape index (κ1) is 14.5. The Balaban J connectivity index is 1.58. The third kappa shape index (κ3) is 3.09. The molecule has 0 amide bonds. The van der Waals surface area contributed by atoms with Gasteiger partial charge >= 0.3 is 0 Å². The number of furan rings is 1. The van der Waals surface area contributed by atoms with Gasteiger partial charge in [0.15, 0.2) is 0 Å². The summed E-state index contributed by atoms with van der Waals surface area (Å²) in [7, 11) is 0. The van der Waals surface area contributed by atoms with E-state index in [0.717, 1.165) is 11.1 Å². The molecule has 0 aliphatic carbocycles. The third-order valence-electron chi connectivity index (χ3n) is 3.69. The molecule has 3 aromatic rings. The molecule has 0 bridgehead atoms. The minimum atomic E-state index is 0.212. The summed E-state index contributed by atoms with van der Waals surface area (Å²) < 4.78 is 12.2.